The van der Waals surface area contributed by atoms with Crippen molar-refractivity contribution in [3.63, 3.8) is 0 Å². The highest BCUT2D eigenvalue weighted by Crippen LogP contribution is 2.40. The quantitative estimate of drug-likeness (QED) is 0.722. The van der Waals surface area contributed by atoms with Crippen molar-refractivity contribution < 1.29 is 9.18 Å². The Morgan fingerprint density at radius 1 is 1.50 bits per heavy atom. The summed E-state index contributed by atoms with van der Waals surface area (Å²) in [6.45, 7) is 4.60. The van der Waals surface area contributed by atoms with Crippen molar-refractivity contribution in [2.24, 2.45) is 0 Å². The average Bonchev–Trinajstić information content (AvgIpc) is 3.31. The molecule has 3 rings (SSSR count). The van der Waals surface area contributed by atoms with Gasteiger partial charge in [-0.15, -0.1) is 10.2 Å². The third-order valence-electron chi connectivity index (χ3n) is 3.84. The number of benzene rings is 1. The lowest BCUT2D eigenvalue weighted by atomic mass is 10.3. The summed E-state index contributed by atoms with van der Waals surface area (Å²) in [5, 5.41) is 11.4. The van der Waals surface area contributed by atoms with Crippen molar-refractivity contribution in [2.75, 3.05) is 5.32 Å². The molecule has 24 heavy (non-hydrogen) atoms. The van der Waals surface area contributed by atoms with Gasteiger partial charge in [0.05, 0.1) is 10.9 Å². The first kappa shape index (κ1) is 17.4. The molecule has 1 saturated carbocycles. The number of aromatic nitrogens is 3. The zero-order chi connectivity index (χ0) is 17.3. The third-order valence-corrected chi connectivity index (χ3v) is 5.42. The lowest BCUT2D eigenvalue weighted by Crippen LogP contribution is -2.23. The van der Waals surface area contributed by atoms with E-state index in [-0.39, 0.29) is 11.6 Å². The number of halogens is 2. The van der Waals surface area contributed by atoms with Gasteiger partial charge in [-0.3, -0.25) is 4.79 Å². The number of hydrogen-bond acceptors (Lipinski definition) is 4. The fourth-order valence-electron chi connectivity index (χ4n) is 2.36. The molecule has 0 saturated heterocycles. The van der Waals surface area contributed by atoms with Gasteiger partial charge in [-0.05, 0) is 44.9 Å². The maximum atomic E-state index is 13.8. The van der Waals surface area contributed by atoms with Gasteiger partial charge in [0, 0.05) is 16.9 Å². The Kier molecular flexibility index (Phi) is 5.24. The minimum Gasteiger partial charge on any atom is -0.323 e. The van der Waals surface area contributed by atoms with Gasteiger partial charge in [0.15, 0.2) is 5.16 Å². The van der Waals surface area contributed by atoms with Crippen LogP contribution in [-0.2, 0) is 11.3 Å². The van der Waals surface area contributed by atoms with E-state index in [0.29, 0.717) is 10.4 Å². The second-order valence-electron chi connectivity index (χ2n) is 5.73. The van der Waals surface area contributed by atoms with Crippen LogP contribution in [-0.4, -0.2) is 25.9 Å². The molecule has 1 fully saturated rings. The number of amides is 1. The molecule has 1 aromatic carbocycles. The predicted octanol–water partition coefficient (Wildman–Crippen LogP) is 4.20. The van der Waals surface area contributed by atoms with E-state index < -0.39 is 11.1 Å². The van der Waals surface area contributed by atoms with E-state index in [1.54, 1.807) is 13.0 Å². The molecule has 0 radical (unpaired) electrons. The fourth-order valence-corrected chi connectivity index (χ4v) is 3.62. The molecule has 128 valence electrons. The molecular weight excluding hydrogens is 395 g/mol. The van der Waals surface area contributed by atoms with Crippen molar-refractivity contribution in [1.29, 1.82) is 0 Å². The van der Waals surface area contributed by atoms with Crippen LogP contribution in [0.25, 0.3) is 0 Å². The Balaban J connectivity index is 1.68. The maximum absolute atomic E-state index is 13.8. The lowest BCUT2D eigenvalue weighted by Gasteiger charge is -2.13. The van der Waals surface area contributed by atoms with Crippen LogP contribution in [0.15, 0.2) is 27.8 Å². The molecule has 0 aliphatic heterocycles. The largest absolute Gasteiger partial charge is 0.323 e. The smallest absolute Gasteiger partial charge is 0.237 e. The van der Waals surface area contributed by atoms with Gasteiger partial charge in [0.25, 0.3) is 0 Å². The summed E-state index contributed by atoms with van der Waals surface area (Å²) in [6.07, 6.45) is 2.31. The van der Waals surface area contributed by atoms with Gasteiger partial charge < -0.3 is 9.88 Å². The summed E-state index contributed by atoms with van der Waals surface area (Å²) in [7, 11) is 0. The molecule has 5 nitrogen and oxygen atoms in total. The summed E-state index contributed by atoms with van der Waals surface area (Å²) >= 11 is 4.54. The van der Waals surface area contributed by atoms with Crippen molar-refractivity contribution in [2.45, 2.75) is 49.6 Å². The molecule has 0 bridgehead atoms. The number of anilines is 1. The number of nitrogens with zero attached hydrogens (tertiary/aromatic N) is 3. The first-order chi connectivity index (χ1) is 11.5. The molecule has 0 spiro atoms. The van der Waals surface area contributed by atoms with Crippen LogP contribution < -0.4 is 5.32 Å². The zero-order valence-corrected chi connectivity index (χ0v) is 15.8. The first-order valence-corrected chi connectivity index (χ1v) is 9.52. The van der Waals surface area contributed by atoms with Crippen LogP contribution in [0.2, 0.25) is 0 Å². The summed E-state index contributed by atoms with van der Waals surface area (Å²) in [4.78, 5) is 12.3. The lowest BCUT2D eigenvalue weighted by molar-refractivity contribution is -0.115. The van der Waals surface area contributed by atoms with Gasteiger partial charge in [0.1, 0.15) is 11.6 Å². The van der Waals surface area contributed by atoms with E-state index in [9.17, 15) is 9.18 Å². The highest BCUT2D eigenvalue weighted by Gasteiger charge is 2.30. The van der Waals surface area contributed by atoms with Crippen molar-refractivity contribution >= 4 is 39.3 Å². The highest BCUT2D eigenvalue weighted by atomic mass is 79.9. The van der Waals surface area contributed by atoms with E-state index in [0.717, 1.165) is 30.4 Å². The molecular formula is C16H18BrFN4OS. The molecule has 1 heterocycles. The topological polar surface area (TPSA) is 59.8 Å². The Labute approximate surface area is 152 Å². The van der Waals surface area contributed by atoms with Crippen molar-refractivity contribution in [3.05, 3.63) is 34.3 Å². The van der Waals surface area contributed by atoms with E-state index in [1.807, 2.05) is 6.92 Å². The van der Waals surface area contributed by atoms with Crippen molar-refractivity contribution in [1.82, 2.24) is 14.8 Å². The third kappa shape index (κ3) is 3.80. The molecule has 1 amide bonds. The molecule has 8 heteroatoms. The number of nitrogens with one attached hydrogen (secondary N) is 1. The molecule has 2 aromatic rings. The summed E-state index contributed by atoms with van der Waals surface area (Å²) in [5.41, 5.74) is 0.172. The zero-order valence-electron chi connectivity index (χ0n) is 13.4. The fraction of sp³-hybridized carbons (Fsp3) is 0.438. The van der Waals surface area contributed by atoms with Crippen molar-refractivity contribution in [3.8, 4) is 0 Å². The SMILES string of the molecule is CCn1c(S[C@H](C)C(=O)Nc2ccc(Br)cc2F)nnc1C1CC1. The number of carbonyl (C=O) groups excluding carboxylic acids is 1. The van der Waals surface area contributed by atoms with Crippen LogP contribution in [0.5, 0.6) is 0 Å². The second kappa shape index (κ2) is 7.23. The predicted molar refractivity (Wildman–Crippen MR) is 95.7 cm³/mol. The summed E-state index contributed by atoms with van der Waals surface area (Å²) in [6, 6.07) is 4.55. The number of carbonyl (C=O) groups is 1. The Morgan fingerprint density at radius 3 is 2.88 bits per heavy atom. The maximum Gasteiger partial charge on any atom is 0.237 e. The second-order valence-corrected chi connectivity index (χ2v) is 7.96. The van der Waals surface area contributed by atoms with Crippen LogP contribution >= 0.6 is 27.7 Å². The minimum atomic E-state index is -0.470. The molecule has 1 atom stereocenters. The van der Waals surface area contributed by atoms with E-state index >= 15 is 0 Å². The van der Waals surface area contributed by atoms with Gasteiger partial charge in [-0.25, -0.2) is 4.39 Å². The van der Waals surface area contributed by atoms with Crippen LogP contribution in [0, 0.1) is 5.82 Å². The van der Waals surface area contributed by atoms with E-state index in [4.69, 9.17) is 0 Å². The number of rotatable bonds is 6. The normalized spacial score (nSPS) is 15.3. The highest BCUT2D eigenvalue weighted by molar-refractivity contribution is 9.10. The number of hydrogen-bond donors (Lipinski definition) is 1. The monoisotopic (exact) mass is 412 g/mol. The van der Waals surface area contributed by atoms with E-state index in [1.165, 1.54) is 23.9 Å². The van der Waals surface area contributed by atoms with E-state index in [2.05, 4.69) is 36.0 Å². The molecule has 1 aromatic heterocycles. The first-order valence-electron chi connectivity index (χ1n) is 7.85. The Hall–Kier alpha value is -1.41. The standard InChI is InChI=1S/C16H18BrFN4OS/c1-3-22-14(10-4-5-10)20-21-16(22)24-9(2)15(23)19-13-7-6-11(17)8-12(13)18/h6-10H,3-5H2,1-2H3,(H,19,23)/t9-/m1/s1. The average molecular weight is 413 g/mol. The number of thioether (sulfide) groups is 1. The summed E-state index contributed by atoms with van der Waals surface area (Å²) in [5.74, 6) is 0.780. The Bertz CT molecular complexity index is 763. The summed E-state index contributed by atoms with van der Waals surface area (Å²) < 4.78 is 16.5. The Morgan fingerprint density at radius 2 is 2.25 bits per heavy atom. The molecule has 1 aliphatic carbocycles. The van der Waals surface area contributed by atoms with Crippen LogP contribution in [0.1, 0.15) is 38.4 Å². The van der Waals surface area contributed by atoms with Crippen LogP contribution in [0.4, 0.5) is 10.1 Å². The molecule has 0 unspecified atom stereocenters. The molecule has 1 N–H and O–H groups in total. The van der Waals surface area contributed by atoms with Gasteiger partial charge in [-0.2, -0.15) is 0 Å². The minimum absolute atomic E-state index is 0.172. The van der Waals surface area contributed by atoms with Gasteiger partial charge in [-0.1, -0.05) is 27.7 Å². The van der Waals surface area contributed by atoms with Crippen LogP contribution in [0.3, 0.4) is 0 Å². The van der Waals surface area contributed by atoms with Gasteiger partial charge in [0.2, 0.25) is 5.91 Å². The molecule has 1 aliphatic rings. The van der Waals surface area contributed by atoms with Gasteiger partial charge >= 0.3 is 0 Å².